The van der Waals surface area contributed by atoms with Crippen molar-refractivity contribution < 1.29 is 49.2 Å². The molecule has 1 unspecified atom stereocenters. The van der Waals surface area contributed by atoms with Crippen LogP contribution in [0, 0.1) is 0 Å². The van der Waals surface area contributed by atoms with Gasteiger partial charge in [-0.3, -0.25) is 0 Å². The van der Waals surface area contributed by atoms with E-state index in [1.165, 1.54) is 7.11 Å². The van der Waals surface area contributed by atoms with Gasteiger partial charge < -0.3 is 54.5 Å². The first-order valence-corrected chi connectivity index (χ1v) is 9.37. The first-order chi connectivity index (χ1) is 13.3. The van der Waals surface area contributed by atoms with E-state index in [0.29, 0.717) is 13.2 Å². The summed E-state index contributed by atoms with van der Waals surface area (Å²) in [6, 6.07) is 0. The zero-order valence-corrected chi connectivity index (χ0v) is 16.4. The second kappa shape index (κ2) is 11.1. The average Bonchev–Trinajstić information content (AvgIpc) is 2.69. The molecule has 10 atom stereocenters. The van der Waals surface area contributed by atoms with Crippen LogP contribution in [0.25, 0.3) is 0 Å². The third-order valence-corrected chi connectivity index (χ3v) is 5.14. The Hall–Kier alpha value is -0.440. The minimum atomic E-state index is -1.47. The fourth-order valence-electron chi connectivity index (χ4n) is 3.49. The summed E-state index contributed by atoms with van der Waals surface area (Å²) in [5, 5.41) is 53.8. The number of nitrogens with one attached hydrogen (secondary N) is 1. The largest absolute Gasteiger partial charge is 0.394 e. The van der Waals surface area contributed by atoms with Crippen LogP contribution in [0.15, 0.2) is 0 Å². The quantitative estimate of drug-likeness (QED) is 0.210. The molecule has 2 saturated heterocycles. The van der Waals surface area contributed by atoms with E-state index in [1.54, 1.807) is 14.0 Å². The Morgan fingerprint density at radius 2 is 1.57 bits per heavy atom. The second-order valence-electron chi connectivity index (χ2n) is 7.07. The summed E-state index contributed by atoms with van der Waals surface area (Å²) in [5.41, 5.74) is 0. The van der Waals surface area contributed by atoms with Crippen LogP contribution < -0.4 is 5.32 Å². The fraction of sp³-hybridized carbons (Fsp3) is 1.00. The molecule has 11 heteroatoms. The molecule has 2 rings (SSSR count). The van der Waals surface area contributed by atoms with E-state index >= 15 is 0 Å². The summed E-state index contributed by atoms with van der Waals surface area (Å²) in [6.45, 7) is 2.41. The van der Waals surface area contributed by atoms with Crippen molar-refractivity contribution in [3.05, 3.63) is 0 Å². The van der Waals surface area contributed by atoms with Gasteiger partial charge in [0.25, 0.3) is 0 Å². The molecule has 0 spiro atoms. The van der Waals surface area contributed by atoms with Gasteiger partial charge in [0.1, 0.15) is 48.8 Å². The van der Waals surface area contributed by atoms with Crippen molar-refractivity contribution in [1.29, 1.82) is 0 Å². The van der Waals surface area contributed by atoms with Crippen LogP contribution in [0.5, 0.6) is 0 Å². The van der Waals surface area contributed by atoms with Gasteiger partial charge in [-0.1, -0.05) is 0 Å². The molecular weight excluding hydrogens is 378 g/mol. The summed E-state index contributed by atoms with van der Waals surface area (Å²) in [6.07, 6.45) is -11.0. The molecule has 2 fully saturated rings. The maximum atomic E-state index is 10.4. The van der Waals surface area contributed by atoms with Crippen molar-refractivity contribution in [2.24, 2.45) is 0 Å². The molecule has 2 heterocycles. The number of aliphatic hydroxyl groups excluding tert-OH is 5. The van der Waals surface area contributed by atoms with E-state index in [4.69, 9.17) is 23.7 Å². The lowest BCUT2D eigenvalue weighted by Crippen LogP contribution is -2.65. The smallest absolute Gasteiger partial charge is 0.187 e. The van der Waals surface area contributed by atoms with E-state index in [2.05, 4.69) is 5.32 Å². The summed E-state index contributed by atoms with van der Waals surface area (Å²) in [7, 11) is 2.97. The summed E-state index contributed by atoms with van der Waals surface area (Å²) < 4.78 is 27.1. The number of methoxy groups -OCH3 is 2. The topological polar surface area (TPSA) is 159 Å². The zero-order chi connectivity index (χ0) is 20.8. The van der Waals surface area contributed by atoms with E-state index in [9.17, 15) is 25.5 Å². The molecule has 28 heavy (non-hydrogen) atoms. The summed E-state index contributed by atoms with van der Waals surface area (Å²) in [4.78, 5) is 0. The molecule has 0 radical (unpaired) electrons. The van der Waals surface area contributed by atoms with Crippen LogP contribution in [0.2, 0.25) is 0 Å². The highest BCUT2D eigenvalue weighted by Gasteiger charge is 2.50. The first-order valence-electron chi connectivity index (χ1n) is 9.37. The molecule has 0 aromatic rings. The Morgan fingerprint density at radius 1 is 0.893 bits per heavy atom. The lowest BCUT2D eigenvalue weighted by atomic mass is 9.95. The Bertz CT molecular complexity index is 456. The van der Waals surface area contributed by atoms with Gasteiger partial charge in [-0.15, -0.1) is 0 Å². The lowest BCUT2D eigenvalue weighted by Gasteiger charge is -2.46. The molecule has 0 bridgehead atoms. The van der Waals surface area contributed by atoms with Gasteiger partial charge in [0, 0.05) is 27.3 Å². The highest BCUT2D eigenvalue weighted by atomic mass is 16.7. The van der Waals surface area contributed by atoms with Gasteiger partial charge in [0.05, 0.1) is 19.3 Å². The lowest BCUT2D eigenvalue weighted by molar-refractivity contribution is -0.339. The predicted molar refractivity (Wildman–Crippen MR) is 94.5 cm³/mol. The summed E-state index contributed by atoms with van der Waals surface area (Å²) in [5.74, 6) is 0. The summed E-state index contributed by atoms with van der Waals surface area (Å²) >= 11 is 0. The molecular formula is C17H33NO10. The highest BCUT2D eigenvalue weighted by molar-refractivity contribution is 4.95. The van der Waals surface area contributed by atoms with Crippen molar-refractivity contribution >= 4 is 0 Å². The SMILES string of the molecule is COCCNC[C@H]1O[C@H](OC2[C@@H](CO)O[C@H](C)[C@H](O)[C@H]2O)[C@H](O)[C@@H](O)[C@@H]1OC. The molecule has 6 N–H and O–H groups in total. The number of rotatable bonds is 9. The van der Waals surface area contributed by atoms with Gasteiger partial charge in [0.15, 0.2) is 6.29 Å². The van der Waals surface area contributed by atoms with Crippen molar-refractivity contribution in [1.82, 2.24) is 5.32 Å². The maximum absolute atomic E-state index is 10.4. The van der Waals surface area contributed by atoms with Gasteiger partial charge >= 0.3 is 0 Å². The number of aliphatic hydroxyl groups is 5. The van der Waals surface area contributed by atoms with Gasteiger partial charge in [-0.2, -0.15) is 0 Å². The zero-order valence-electron chi connectivity index (χ0n) is 16.4. The Kier molecular flexibility index (Phi) is 9.44. The van der Waals surface area contributed by atoms with Crippen LogP contribution in [-0.4, -0.2) is 127 Å². The number of hydrogen-bond donors (Lipinski definition) is 6. The van der Waals surface area contributed by atoms with Crippen molar-refractivity contribution in [3.63, 3.8) is 0 Å². The van der Waals surface area contributed by atoms with E-state index < -0.39 is 67.8 Å². The molecule has 0 aromatic carbocycles. The van der Waals surface area contributed by atoms with Crippen LogP contribution in [-0.2, 0) is 23.7 Å². The molecule has 2 aliphatic rings. The normalized spacial score (nSPS) is 44.6. The van der Waals surface area contributed by atoms with Crippen LogP contribution in [0.4, 0.5) is 0 Å². The van der Waals surface area contributed by atoms with E-state index in [1.807, 2.05) is 0 Å². The molecule has 0 aromatic heterocycles. The van der Waals surface area contributed by atoms with Crippen LogP contribution in [0.3, 0.4) is 0 Å². The first kappa shape index (κ1) is 23.8. The van der Waals surface area contributed by atoms with Gasteiger partial charge in [-0.05, 0) is 6.92 Å². The second-order valence-corrected chi connectivity index (χ2v) is 7.07. The number of ether oxygens (including phenoxy) is 5. The molecule has 0 aliphatic carbocycles. The van der Waals surface area contributed by atoms with Crippen LogP contribution in [0.1, 0.15) is 6.92 Å². The highest BCUT2D eigenvalue weighted by Crippen LogP contribution is 2.29. The average molecular weight is 411 g/mol. The number of hydrogen-bond acceptors (Lipinski definition) is 11. The third-order valence-electron chi connectivity index (χ3n) is 5.14. The Labute approximate surface area is 164 Å². The van der Waals surface area contributed by atoms with Crippen molar-refractivity contribution in [2.45, 2.75) is 68.1 Å². The predicted octanol–water partition coefficient (Wildman–Crippen LogP) is -3.43. The Morgan fingerprint density at radius 3 is 2.18 bits per heavy atom. The van der Waals surface area contributed by atoms with E-state index in [0.717, 1.165) is 0 Å². The fourth-order valence-corrected chi connectivity index (χ4v) is 3.49. The monoisotopic (exact) mass is 411 g/mol. The Balaban J connectivity index is 2.07. The molecule has 0 amide bonds. The van der Waals surface area contributed by atoms with Gasteiger partial charge in [0.2, 0.25) is 0 Å². The molecule has 2 aliphatic heterocycles. The standard InChI is InChI=1S/C17H33NO10/c1-8-11(20)12(21)16(10(7-19)26-8)28-17-14(23)13(22)15(25-3)9(27-17)6-18-4-5-24-2/h8-23H,4-7H2,1-3H3/t8-,9-,10-,11+,12-,13-,14-,15-,16?,17-/m1/s1. The van der Waals surface area contributed by atoms with Crippen LogP contribution >= 0.6 is 0 Å². The molecule has 166 valence electrons. The minimum absolute atomic E-state index is 0.290. The minimum Gasteiger partial charge on any atom is -0.394 e. The third kappa shape index (κ3) is 5.37. The van der Waals surface area contributed by atoms with E-state index in [-0.39, 0.29) is 6.54 Å². The van der Waals surface area contributed by atoms with Gasteiger partial charge in [-0.25, -0.2) is 0 Å². The van der Waals surface area contributed by atoms with Crippen molar-refractivity contribution in [3.8, 4) is 0 Å². The molecule has 0 saturated carbocycles. The maximum Gasteiger partial charge on any atom is 0.187 e. The molecule has 11 nitrogen and oxygen atoms in total. The van der Waals surface area contributed by atoms with Crippen molar-refractivity contribution in [2.75, 3.05) is 40.5 Å².